The number of hydrogen-bond acceptors (Lipinski definition) is 8. The van der Waals surface area contributed by atoms with Gasteiger partial charge in [-0.2, -0.15) is 0 Å². The molecule has 2 aromatic carbocycles. The van der Waals surface area contributed by atoms with Crippen molar-refractivity contribution < 1.29 is 9.47 Å². The van der Waals surface area contributed by atoms with E-state index in [2.05, 4.69) is 78.8 Å². The van der Waals surface area contributed by atoms with Crippen LogP contribution in [0.4, 0.5) is 5.82 Å². The van der Waals surface area contributed by atoms with E-state index in [-0.39, 0.29) is 11.5 Å². The molecule has 2 fully saturated rings. The molecule has 2 aliphatic rings. The van der Waals surface area contributed by atoms with Crippen molar-refractivity contribution in [2.75, 3.05) is 31.2 Å². The Kier molecular flexibility index (Phi) is 7.17. The van der Waals surface area contributed by atoms with E-state index in [9.17, 15) is 0 Å². The van der Waals surface area contributed by atoms with Crippen molar-refractivity contribution >= 4 is 40.4 Å². The molecule has 9 heteroatoms. The second-order valence-corrected chi connectivity index (χ2v) is 10.8. The first-order valence-corrected chi connectivity index (χ1v) is 13.8. The van der Waals surface area contributed by atoms with Crippen LogP contribution in [0.15, 0.2) is 49.1 Å². The average Bonchev–Trinajstić information content (AvgIpc) is 3.68. The molecule has 6 rings (SSSR count). The molecule has 4 aromatic rings. The largest absolute Gasteiger partial charge is 0.491 e. The monoisotopic (exact) mass is 518 g/mol. The summed E-state index contributed by atoms with van der Waals surface area (Å²) >= 11 is 4.38. The molecule has 2 aliphatic heterocycles. The Hall–Kier alpha value is -2.88. The van der Waals surface area contributed by atoms with Gasteiger partial charge in [0.25, 0.3) is 0 Å². The number of nitrogens with zero attached hydrogens (tertiary/aromatic N) is 5. The van der Waals surface area contributed by atoms with Crippen molar-refractivity contribution in [1.29, 1.82) is 0 Å². The lowest BCUT2D eigenvalue weighted by Gasteiger charge is -2.27. The van der Waals surface area contributed by atoms with Crippen LogP contribution in [0.5, 0.6) is 5.75 Å². The van der Waals surface area contributed by atoms with Gasteiger partial charge in [-0.3, -0.25) is 4.90 Å². The Morgan fingerprint density at radius 1 is 1.00 bits per heavy atom. The minimum Gasteiger partial charge on any atom is -0.491 e. The minimum absolute atomic E-state index is 0.0323. The molecule has 0 radical (unpaired) electrons. The van der Waals surface area contributed by atoms with E-state index in [1.807, 2.05) is 6.92 Å². The summed E-state index contributed by atoms with van der Waals surface area (Å²) < 4.78 is 12.3. The smallest absolute Gasteiger partial charge is 0.162 e. The molecular formula is C28H34N6O2S. The molecule has 0 saturated carbocycles. The number of aromatic nitrogens is 4. The maximum Gasteiger partial charge on any atom is 0.162 e. The molecular weight excluding hydrogens is 484 g/mol. The Balaban J connectivity index is 1.19. The van der Waals surface area contributed by atoms with Crippen LogP contribution in [0.3, 0.4) is 0 Å². The number of aromatic amines is 1. The van der Waals surface area contributed by atoms with E-state index in [1.165, 1.54) is 23.8 Å². The van der Waals surface area contributed by atoms with Crippen LogP contribution in [0.2, 0.25) is 0 Å². The Morgan fingerprint density at radius 3 is 2.73 bits per heavy atom. The highest BCUT2D eigenvalue weighted by Gasteiger charge is 2.29. The number of hydrogen-bond donors (Lipinski definition) is 2. The Labute approximate surface area is 222 Å². The number of imidazole rings is 1. The van der Waals surface area contributed by atoms with Crippen molar-refractivity contribution in [3.63, 3.8) is 0 Å². The zero-order valence-corrected chi connectivity index (χ0v) is 22.1. The highest BCUT2D eigenvalue weighted by Crippen LogP contribution is 2.33. The molecule has 2 aromatic heterocycles. The summed E-state index contributed by atoms with van der Waals surface area (Å²) in [6.45, 7) is 6.28. The van der Waals surface area contributed by atoms with E-state index < -0.39 is 0 Å². The van der Waals surface area contributed by atoms with Crippen molar-refractivity contribution in [1.82, 2.24) is 24.8 Å². The minimum atomic E-state index is -0.0323. The number of fused-ring (bicyclic) bond motifs is 2. The lowest BCUT2D eigenvalue weighted by atomic mass is 10.0. The molecule has 194 valence electrons. The second kappa shape index (κ2) is 10.8. The highest BCUT2D eigenvalue weighted by molar-refractivity contribution is 7.80. The predicted molar refractivity (Wildman–Crippen MR) is 149 cm³/mol. The molecule has 8 nitrogen and oxygen atoms in total. The summed E-state index contributed by atoms with van der Waals surface area (Å²) in [7, 11) is 0. The first-order valence-electron chi connectivity index (χ1n) is 13.3. The molecule has 1 N–H and O–H groups in total. The molecule has 4 heterocycles. The third-order valence-corrected chi connectivity index (χ3v) is 7.80. The maximum absolute atomic E-state index is 6.50. The van der Waals surface area contributed by atoms with E-state index in [0.29, 0.717) is 12.6 Å². The lowest BCUT2D eigenvalue weighted by Crippen LogP contribution is -2.35. The van der Waals surface area contributed by atoms with Gasteiger partial charge in [0, 0.05) is 24.5 Å². The summed E-state index contributed by atoms with van der Waals surface area (Å²) in [6.07, 6.45) is 7.84. The Bertz CT molecular complexity index is 1360. The van der Waals surface area contributed by atoms with E-state index >= 15 is 0 Å². The van der Waals surface area contributed by atoms with Crippen molar-refractivity contribution in [2.45, 2.75) is 56.7 Å². The molecule has 2 saturated heterocycles. The van der Waals surface area contributed by atoms with E-state index in [0.717, 1.165) is 67.2 Å². The van der Waals surface area contributed by atoms with Gasteiger partial charge in [-0.15, -0.1) is 12.6 Å². The molecule has 0 bridgehead atoms. The van der Waals surface area contributed by atoms with Gasteiger partial charge >= 0.3 is 0 Å². The number of ether oxygens (including phenoxy) is 2. The number of thiol groups is 1. The Morgan fingerprint density at radius 2 is 1.84 bits per heavy atom. The zero-order chi connectivity index (χ0) is 25.2. The number of anilines is 1. The second-order valence-electron chi connectivity index (χ2n) is 10.1. The van der Waals surface area contributed by atoms with Gasteiger partial charge in [0.1, 0.15) is 24.2 Å². The van der Waals surface area contributed by atoms with Crippen LogP contribution in [0, 0.1) is 0 Å². The van der Waals surface area contributed by atoms with E-state index in [1.54, 1.807) is 12.7 Å². The van der Waals surface area contributed by atoms with Gasteiger partial charge in [-0.1, -0.05) is 30.3 Å². The SMILES string of the molecule is CC(S)OC[C@H]1CCCN1Cc1ccc(OC[C@H]2CCCN2c2ncnc3[nH]cnc23)c2ccccc12. The van der Waals surface area contributed by atoms with Gasteiger partial charge in [0.05, 0.1) is 24.4 Å². The normalized spacial score (nSPS) is 21.3. The fourth-order valence-corrected chi connectivity index (χ4v) is 5.88. The molecule has 37 heavy (non-hydrogen) atoms. The predicted octanol–water partition coefficient (Wildman–Crippen LogP) is 4.81. The van der Waals surface area contributed by atoms with Gasteiger partial charge in [0.2, 0.25) is 0 Å². The quantitative estimate of drug-likeness (QED) is 0.243. The number of benzene rings is 2. The average molecular weight is 519 g/mol. The summed E-state index contributed by atoms with van der Waals surface area (Å²) in [5.74, 6) is 1.82. The third kappa shape index (κ3) is 5.12. The van der Waals surface area contributed by atoms with Crippen LogP contribution in [0.1, 0.15) is 38.2 Å². The van der Waals surface area contributed by atoms with Crippen LogP contribution in [-0.4, -0.2) is 68.7 Å². The number of H-pyrrole nitrogens is 1. The van der Waals surface area contributed by atoms with Gasteiger partial charge in [-0.05, 0) is 56.2 Å². The lowest BCUT2D eigenvalue weighted by molar-refractivity contribution is 0.0679. The number of likely N-dealkylation sites (tertiary alicyclic amines) is 1. The molecule has 1 unspecified atom stereocenters. The maximum atomic E-state index is 6.50. The molecule has 0 amide bonds. The topological polar surface area (TPSA) is 79.4 Å². The summed E-state index contributed by atoms with van der Waals surface area (Å²) in [4.78, 5) is 21.3. The summed E-state index contributed by atoms with van der Waals surface area (Å²) in [5, 5.41) is 2.42. The van der Waals surface area contributed by atoms with Crippen molar-refractivity contribution in [2.24, 2.45) is 0 Å². The van der Waals surface area contributed by atoms with Crippen LogP contribution in [-0.2, 0) is 11.3 Å². The van der Waals surface area contributed by atoms with E-state index in [4.69, 9.17) is 9.47 Å². The molecule has 0 spiro atoms. The summed E-state index contributed by atoms with van der Waals surface area (Å²) in [6, 6.07) is 13.7. The standard InChI is InChI=1S/C28H34N6O2S/c1-19(37)35-15-21-6-4-12-33(21)14-20-10-11-25(24-9-3-2-8-23(20)24)36-16-22-7-5-13-34(22)28-26-27(30-17-29-26)31-18-32-28/h2-3,8-11,17-19,21-22,37H,4-7,12-16H2,1H3,(H,29,30,31,32)/t19?,21-,22-/m1/s1. The van der Waals surface area contributed by atoms with Crippen molar-refractivity contribution in [3.05, 3.63) is 54.6 Å². The number of rotatable bonds is 9. The first-order chi connectivity index (χ1) is 18.2. The van der Waals surface area contributed by atoms with Gasteiger partial charge < -0.3 is 19.4 Å². The zero-order valence-electron chi connectivity index (χ0n) is 21.2. The van der Waals surface area contributed by atoms with Crippen LogP contribution >= 0.6 is 12.6 Å². The van der Waals surface area contributed by atoms with Crippen molar-refractivity contribution in [3.8, 4) is 5.75 Å². The fraction of sp³-hybridized carbons (Fsp3) is 0.464. The highest BCUT2D eigenvalue weighted by atomic mass is 32.1. The number of nitrogens with one attached hydrogen (secondary N) is 1. The first kappa shape index (κ1) is 24.5. The van der Waals surface area contributed by atoms with Gasteiger partial charge in [-0.25, -0.2) is 15.0 Å². The summed E-state index contributed by atoms with van der Waals surface area (Å²) in [5.41, 5.74) is 2.89. The van der Waals surface area contributed by atoms with Crippen LogP contribution in [0.25, 0.3) is 21.9 Å². The molecule has 3 atom stereocenters. The fourth-order valence-electron chi connectivity index (χ4n) is 5.79. The third-order valence-electron chi connectivity index (χ3n) is 7.65. The van der Waals surface area contributed by atoms with Gasteiger partial charge in [0.15, 0.2) is 11.5 Å². The van der Waals surface area contributed by atoms with Crippen LogP contribution < -0.4 is 9.64 Å². The molecule has 0 aliphatic carbocycles.